The molecular formula is C3H8INaO3S. The van der Waals surface area contributed by atoms with Crippen molar-refractivity contribution in [3.63, 3.8) is 0 Å². The van der Waals surface area contributed by atoms with Crippen LogP contribution in [0.4, 0.5) is 0 Å². The zero-order chi connectivity index (χ0) is 6.62. The molecule has 52 valence electrons. The van der Waals surface area contributed by atoms with Crippen LogP contribution < -0.4 is 29.6 Å². The average molecular weight is 274 g/mol. The SMILES string of the molecule is O=S(=O)(O)CCCI.[H-].[Na+]. The van der Waals surface area contributed by atoms with Crippen molar-refractivity contribution in [2.45, 2.75) is 6.42 Å². The Balaban J connectivity index is -0.000000245. The van der Waals surface area contributed by atoms with Crippen molar-refractivity contribution in [3.8, 4) is 0 Å². The second-order valence-corrected chi connectivity index (χ2v) is 3.98. The van der Waals surface area contributed by atoms with Gasteiger partial charge in [-0.2, -0.15) is 8.42 Å². The molecule has 0 aromatic rings. The predicted octanol–water partition coefficient (Wildman–Crippen LogP) is -2.18. The molecule has 0 saturated carbocycles. The minimum atomic E-state index is -3.69. The molecule has 9 heavy (non-hydrogen) atoms. The second kappa shape index (κ2) is 6.36. The van der Waals surface area contributed by atoms with Crippen molar-refractivity contribution in [2.75, 3.05) is 10.2 Å². The first-order valence-corrected chi connectivity index (χ1v) is 5.21. The van der Waals surface area contributed by atoms with Crippen molar-refractivity contribution in [3.05, 3.63) is 0 Å². The van der Waals surface area contributed by atoms with Crippen LogP contribution in [0.1, 0.15) is 7.85 Å². The molecule has 0 spiro atoms. The Hall–Kier alpha value is 1.64. The maximum absolute atomic E-state index is 9.94. The van der Waals surface area contributed by atoms with Crippen molar-refractivity contribution in [1.82, 2.24) is 0 Å². The van der Waals surface area contributed by atoms with Crippen molar-refractivity contribution in [2.24, 2.45) is 0 Å². The topological polar surface area (TPSA) is 54.4 Å². The monoisotopic (exact) mass is 274 g/mol. The minimum absolute atomic E-state index is 0. The normalized spacial score (nSPS) is 10.4. The van der Waals surface area contributed by atoms with Crippen LogP contribution >= 0.6 is 22.6 Å². The summed E-state index contributed by atoms with van der Waals surface area (Å²) < 4.78 is 28.8. The van der Waals surface area contributed by atoms with Gasteiger partial charge < -0.3 is 1.43 Å². The van der Waals surface area contributed by atoms with E-state index >= 15 is 0 Å². The molecule has 0 heterocycles. The van der Waals surface area contributed by atoms with Crippen LogP contribution in [0.2, 0.25) is 0 Å². The van der Waals surface area contributed by atoms with Crippen LogP contribution in [0.5, 0.6) is 0 Å². The average Bonchev–Trinajstić information content (AvgIpc) is 1.59. The standard InChI is InChI=1S/C3H7IO3S.Na.H/c4-2-1-3-8(5,6)7;;/h1-3H2,(H,5,6,7);;/q;+1;-1. The molecule has 0 saturated heterocycles. The third kappa shape index (κ3) is 12.8. The number of hydrogen-bond donors (Lipinski definition) is 1. The van der Waals surface area contributed by atoms with Gasteiger partial charge in [-0.3, -0.25) is 4.55 Å². The zero-order valence-electron chi connectivity index (χ0n) is 6.17. The summed E-state index contributed by atoms with van der Waals surface area (Å²) in [7, 11) is -3.69. The third-order valence-electron chi connectivity index (χ3n) is 0.536. The zero-order valence-corrected chi connectivity index (χ0v) is 10.1. The first-order valence-electron chi connectivity index (χ1n) is 2.07. The van der Waals surface area contributed by atoms with Crippen LogP contribution in [0.15, 0.2) is 0 Å². The fraction of sp³-hybridized carbons (Fsp3) is 1.00. The number of alkyl halides is 1. The molecule has 3 nitrogen and oxygen atoms in total. The molecule has 0 amide bonds. The Morgan fingerprint density at radius 2 is 2.00 bits per heavy atom. The molecule has 0 aliphatic heterocycles. The summed E-state index contributed by atoms with van der Waals surface area (Å²) in [5, 5.41) is 0. The van der Waals surface area contributed by atoms with Crippen LogP contribution in [0.3, 0.4) is 0 Å². The number of hydrogen-bond acceptors (Lipinski definition) is 2. The molecule has 0 aromatic heterocycles. The van der Waals surface area contributed by atoms with E-state index in [1.807, 2.05) is 0 Å². The molecule has 0 aliphatic rings. The Bertz CT molecular complexity index is 148. The van der Waals surface area contributed by atoms with Gasteiger partial charge in [0.15, 0.2) is 0 Å². The summed E-state index contributed by atoms with van der Waals surface area (Å²) in [6, 6.07) is 0. The molecule has 1 N–H and O–H groups in total. The Morgan fingerprint density at radius 3 is 2.11 bits per heavy atom. The van der Waals surface area contributed by atoms with E-state index in [2.05, 4.69) is 22.6 Å². The van der Waals surface area contributed by atoms with Crippen LogP contribution in [0, 0.1) is 0 Å². The summed E-state index contributed by atoms with van der Waals surface area (Å²) in [5.74, 6) is -0.115. The molecular weight excluding hydrogens is 266 g/mol. The van der Waals surface area contributed by atoms with Crippen molar-refractivity contribution >= 4 is 32.7 Å². The summed E-state index contributed by atoms with van der Waals surface area (Å²) in [5.41, 5.74) is 0. The molecule has 0 aliphatic carbocycles. The number of halogens is 1. The van der Waals surface area contributed by atoms with Gasteiger partial charge in [-0.05, 0) is 6.42 Å². The molecule has 0 bridgehead atoms. The van der Waals surface area contributed by atoms with Gasteiger partial charge in [0.1, 0.15) is 0 Å². The van der Waals surface area contributed by atoms with Crippen molar-refractivity contribution in [1.29, 1.82) is 0 Å². The van der Waals surface area contributed by atoms with Gasteiger partial charge in [-0.25, -0.2) is 0 Å². The van der Waals surface area contributed by atoms with Gasteiger partial charge in [0, 0.05) is 4.43 Å². The van der Waals surface area contributed by atoms with E-state index in [4.69, 9.17) is 4.55 Å². The number of rotatable bonds is 3. The molecule has 0 unspecified atom stereocenters. The summed E-state index contributed by atoms with van der Waals surface area (Å²) in [4.78, 5) is 0. The molecule has 6 heteroatoms. The van der Waals surface area contributed by atoms with Gasteiger partial charge >= 0.3 is 29.6 Å². The largest absolute Gasteiger partial charge is 1.00 e. The Labute approximate surface area is 92.3 Å². The fourth-order valence-electron chi connectivity index (χ4n) is 0.237. The van der Waals surface area contributed by atoms with Crippen LogP contribution in [0.25, 0.3) is 0 Å². The minimum Gasteiger partial charge on any atom is -1.00 e. The van der Waals surface area contributed by atoms with Crippen LogP contribution in [-0.4, -0.2) is 23.2 Å². The molecule has 0 fully saturated rings. The Morgan fingerprint density at radius 1 is 1.56 bits per heavy atom. The van der Waals surface area contributed by atoms with Gasteiger partial charge in [-0.15, -0.1) is 0 Å². The van der Waals surface area contributed by atoms with E-state index in [0.717, 1.165) is 4.43 Å². The van der Waals surface area contributed by atoms with E-state index in [0.29, 0.717) is 6.42 Å². The summed E-state index contributed by atoms with van der Waals surface area (Å²) in [6.07, 6.45) is 0.527. The van der Waals surface area contributed by atoms with E-state index < -0.39 is 10.1 Å². The molecule has 0 rings (SSSR count). The second-order valence-electron chi connectivity index (χ2n) is 1.33. The van der Waals surface area contributed by atoms with E-state index in [-0.39, 0.29) is 36.7 Å². The van der Waals surface area contributed by atoms with E-state index in [1.165, 1.54) is 0 Å². The smallest absolute Gasteiger partial charge is 1.00 e. The molecule has 0 radical (unpaired) electrons. The molecule has 0 atom stereocenters. The van der Waals surface area contributed by atoms with Gasteiger partial charge in [-0.1, -0.05) is 22.6 Å². The van der Waals surface area contributed by atoms with Gasteiger partial charge in [0.2, 0.25) is 0 Å². The van der Waals surface area contributed by atoms with E-state index in [1.54, 1.807) is 0 Å². The quantitative estimate of drug-likeness (QED) is 0.275. The maximum atomic E-state index is 9.94. The maximum Gasteiger partial charge on any atom is 1.00 e. The van der Waals surface area contributed by atoms with E-state index in [9.17, 15) is 8.42 Å². The van der Waals surface area contributed by atoms with Crippen molar-refractivity contribution < 1.29 is 44.0 Å². The molecule has 0 aromatic carbocycles. The predicted molar refractivity (Wildman–Crippen MR) is 41.0 cm³/mol. The first-order chi connectivity index (χ1) is 3.56. The summed E-state index contributed by atoms with van der Waals surface area (Å²) in [6.45, 7) is 0. The fourth-order valence-corrected chi connectivity index (χ4v) is 1.65. The van der Waals surface area contributed by atoms with Gasteiger partial charge in [0.25, 0.3) is 10.1 Å². The Kier molecular flexibility index (Phi) is 9.36. The van der Waals surface area contributed by atoms with Crippen LogP contribution in [-0.2, 0) is 10.1 Å². The third-order valence-corrected chi connectivity index (χ3v) is 2.10. The van der Waals surface area contributed by atoms with Gasteiger partial charge in [0.05, 0.1) is 5.75 Å². The first kappa shape index (κ1) is 13.2. The summed E-state index contributed by atoms with van der Waals surface area (Å²) >= 11 is 2.05.